The molecule has 31 heavy (non-hydrogen) atoms. The largest absolute Gasteiger partial charge is 0.355 e. The first-order chi connectivity index (χ1) is 14.4. The first kappa shape index (κ1) is 28.1. The molecule has 0 radical (unpaired) electrons. The zero-order valence-electron chi connectivity index (χ0n) is 20.5. The molecule has 2 N–H and O–H groups in total. The van der Waals surface area contributed by atoms with E-state index in [-0.39, 0.29) is 24.0 Å². The Kier molecular flexibility index (Phi) is 13.6. The standard InChI is InChI=1S/C24H44N6.HI/c1-20(2)30(21(3)4)15-12-26-24(25-5)27-18-22-8-10-23(11-9-22)19-29-14-7-13-28(6)16-17-29;/h8-11,20-21H,7,12-19H2,1-6H3,(H2,25,26,27);1H. The van der Waals surface area contributed by atoms with Gasteiger partial charge in [0, 0.05) is 58.4 Å². The van der Waals surface area contributed by atoms with E-state index in [9.17, 15) is 0 Å². The number of hydrogen-bond acceptors (Lipinski definition) is 4. The third-order valence-corrected chi connectivity index (χ3v) is 5.91. The minimum atomic E-state index is 0. The number of halogens is 1. The summed E-state index contributed by atoms with van der Waals surface area (Å²) >= 11 is 0. The summed E-state index contributed by atoms with van der Waals surface area (Å²) in [7, 11) is 4.05. The number of guanidine groups is 1. The fourth-order valence-electron chi connectivity index (χ4n) is 4.10. The van der Waals surface area contributed by atoms with Crippen LogP contribution in [0.2, 0.25) is 0 Å². The number of likely N-dealkylation sites (N-methyl/N-ethyl adjacent to an activating group) is 1. The van der Waals surface area contributed by atoms with Crippen LogP contribution in [0.1, 0.15) is 45.2 Å². The van der Waals surface area contributed by atoms with Crippen LogP contribution in [0, 0.1) is 0 Å². The number of nitrogens with one attached hydrogen (secondary N) is 2. The molecule has 1 aromatic rings. The highest BCUT2D eigenvalue weighted by molar-refractivity contribution is 14.0. The van der Waals surface area contributed by atoms with E-state index in [1.54, 1.807) is 0 Å². The molecule has 1 aliphatic rings. The van der Waals surface area contributed by atoms with Crippen LogP contribution in [0.3, 0.4) is 0 Å². The Morgan fingerprint density at radius 3 is 2.23 bits per heavy atom. The van der Waals surface area contributed by atoms with Crippen LogP contribution in [0.15, 0.2) is 29.3 Å². The second kappa shape index (κ2) is 15.0. The van der Waals surface area contributed by atoms with Gasteiger partial charge in [0.05, 0.1) is 0 Å². The van der Waals surface area contributed by atoms with Crippen molar-refractivity contribution in [3.63, 3.8) is 0 Å². The monoisotopic (exact) mass is 544 g/mol. The highest BCUT2D eigenvalue weighted by Crippen LogP contribution is 2.10. The van der Waals surface area contributed by atoms with Gasteiger partial charge in [-0.05, 0) is 65.4 Å². The van der Waals surface area contributed by atoms with Crippen LogP contribution in [0.4, 0.5) is 0 Å². The number of rotatable bonds is 9. The molecule has 0 unspecified atom stereocenters. The van der Waals surface area contributed by atoms with Crippen molar-refractivity contribution in [2.45, 2.75) is 59.3 Å². The first-order valence-electron chi connectivity index (χ1n) is 11.6. The predicted octanol–water partition coefficient (Wildman–Crippen LogP) is 3.23. The van der Waals surface area contributed by atoms with Gasteiger partial charge in [-0.15, -0.1) is 24.0 Å². The summed E-state index contributed by atoms with van der Waals surface area (Å²) in [6, 6.07) is 10.1. The van der Waals surface area contributed by atoms with Crippen molar-refractivity contribution in [2.24, 2.45) is 4.99 Å². The van der Waals surface area contributed by atoms with Crippen LogP contribution in [-0.4, -0.2) is 86.1 Å². The summed E-state index contributed by atoms with van der Waals surface area (Å²) in [6.45, 7) is 17.5. The van der Waals surface area contributed by atoms with Gasteiger partial charge in [-0.1, -0.05) is 24.3 Å². The molecule has 1 saturated heterocycles. The fourth-order valence-corrected chi connectivity index (χ4v) is 4.10. The summed E-state index contributed by atoms with van der Waals surface area (Å²) in [4.78, 5) is 11.9. The second-order valence-corrected chi connectivity index (χ2v) is 9.03. The Morgan fingerprint density at radius 1 is 0.968 bits per heavy atom. The van der Waals surface area contributed by atoms with Crippen LogP contribution in [0.25, 0.3) is 0 Å². The van der Waals surface area contributed by atoms with Crippen molar-refractivity contribution in [1.29, 1.82) is 0 Å². The molecule has 0 bridgehead atoms. The van der Waals surface area contributed by atoms with Crippen molar-refractivity contribution < 1.29 is 0 Å². The number of hydrogen-bond donors (Lipinski definition) is 2. The lowest BCUT2D eigenvalue weighted by atomic mass is 10.1. The summed E-state index contributed by atoms with van der Waals surface area (Å²) in [5, 5.41) is 6.88. The van der Waals surface area contributed by atoms with Gasteiger partial charge in [0.15, 0.2) is 5.96 Å². The lowest BCUT2D eigenvalue weighted by Gasteiger charge is -2.30. The third-order valence-electron chi connectivity index (χ3n) is 5.91. The number of benzene rings is 1. The molecule has 0 aromatic heterocycles. The van der Waals surface area contributed by atoms with E-state index >= 15 is 0 Å². The maximum Gasteiger partial charge on any atom is 0.191 e. The fraction of sp³-hybridized carbons (Fsp3) is 0.708. The lowest BCUT2D eigenvalue weighted by molar-refractivity contribution is 0.178. The van der Waals surface area contributed by atoms with Crippen molar-refractivity contribution in [1.82, 2.24) is 25.3 Å². The molecule has 178 valence electrons. The van der Waals surface area contributed by atoms with Crippen molar-refractivity contribution in [3.05, 3.63) is 35.4 Å². The molecule has 0 spiro atoms. The molecular weight excluding hydrogens is 499 g/mol. The minimum absolute atomic E-state index is 0. The average molecular weight is 545 g/mol. The maximum atomic E-state index is 4.36. The van der Waals surface area contributed by atoms with Crippen molar-refractivity contribution in [3.8, 4) is 0 Å². The predicted molar refractivity (Wildman–Crippen MR) is 144 cm³/mol. The highest BCUT2D eigenvalue weighted by Gasteiger charge is 2.13. The van der Waals surface area contributed by atoms with E-state index in [0.717, 1.165) is 38.7 Å². The summed E-state index contributed by atoms with van der Waals surface area (Å²) in [6.07, 6.45) is 1.26. The van der Waals surface area contributed by atoms with Crippen molar-refractivity contribution in [2.75, 3.05) is 53.4 Å². The molecule has 6 nitrogen and oxygen atoms in total. The molecule has 0 atom stereocenters. The molecule has 2 rings (SSSR count). The van der Waals surface area contributed by atoms with E-state index in [0.29, 0.717) is 12.1 Å². The molecule has 7 heteroatoms. The first-order valence-corrected chi connectivity index (χ1v) is 11.6. The average Bonchev–Trinajstić information content (AvgIpc) is 2.92. The quantitative estimate of drug-likeness (QED) is 0.284. The van der Waals surface area contributed by atoms with Gasteiger partial charge in [0.25, 0.3) is 0 Å². The molecule has 1 fully saturated rings. The summed E-state index contributed by atoms with van der Waals surface area (Å²) < 4.78 is 0. The van der Waals surface area contributed by atoms with Gasteiger partial charge in [-0.3, -0.25) is 14.8 Å². The summed E-state index contributed by atoms with van der Waals surface area (Å²) in [5.41, 5.74) is 2.68. The Balaban J connectivity index is 0.00000480. The maximum absolute atomic E-state index is 4.36. The third kappa shape index (κ3) is 10.5. The normalized spacial score (nSPS) is 16.5. The van der Waals surface area contributed by atoms with Crippen LogP contribution in [0.5, 0.6) is 0 Å². The van der Waals surface area contributed by atoms with Crippen LogP contribution < -0.4 is 10.6 Å². The molecule has 1 aliphatic heterocycles. The van der Waals surface area contributed by atoms with Gasteiger partial charge >= 0.3 is 0 Å². The Bertz CT molecular complexity index is 623. The molecule has 0 saturated carbocycles. The smallest absolute Gasteiger partial charge is 0.191 e. The van der Waals surface area contributed by atoms with E-state index in [1.165, 1.54) is 37.2 Å². The molecule has 1 heterocycles. The minimum Gasteiger partial charge on any atom is -0.355 e. The van der Waals surface area contributed by atoms with Crippen LogP contribution >= 0.6 is 24.0 Å². The lowest BCUT2D eigenvalue weighted by Crippen LogP contribution is -2.45. The van der Waals surface area contributed by atoms with E-state index in [4.69, 9.17) is 0 Å². The topological polar surface area (TPSA) is 46.1 Å². The molecule has 1 aromatic carbocycles. The van der Waals surface area contributed by atoms with E-state index < -0.39 is 0 Å². The molecular formula is C24H45IN6. The van der Waals surface area contributed by atoms with Gasteiger partial charge in [0.2, 0.25) is 0 Å². The Hall–Kier alpha value is -0.900. The van der Waals surface area contributed by atoms with Crippen molar-refractivity contribution >= 4 is 29.9 Å². The molecule has 0 aliphatic carbocycles. The number of aliphatic imine (C=N–C) groups is 1. The Morgan fingerprint density at radius 2 is 1.61 bits per heavy atom. The second-order valence-electron chi connectivity index (χ2n) is 9.03. The zero-order chi connectivity index (χ0) is 21.9. The number of nitrogens with zero attached hydrogens (tertiary/aromatic N) is 4. The van der Waals surface area contributed by atoms with E-state index in [1.807, 2.05) is 7.05 Å². The van der Waals surface area contributed by atoms with Gasteiger partial charge < -0.3 is 15.5 Å². The Labute approximate surface area is 207 Å². The SMILES string of the molecule is CN=C(NCCN(C(C)C)C(C)C)NCc1ccc(CN2CCCN(C)CC2)cc1.I. The van der Waals surface area contributed by atoms with Gasteiger partial charge in [-0.2, -0.15) is 0 Å². The van der Waals surface area contributed by atoms with Gasteiger partial charge in [0.1, 0.15) is 0 Å². The zero-order valence-corrected chi connectivity index (χ0v) is 22.9. The van der Waals surface area contributed by atoms with E-state index in [2.05, 4.69) is 89.3 Å². The summed E-state index contributed by atoms with van der Waals surface area (Å²) in [5.74, 6) is 0.861. The van der Waals surface area contributed by atoms with Gasteiger partial charge in [-0.25, -0.2) is 0 Å². The molecule has 0 amide bonds. The van der Waals surface area contributed by atoms with Crippen LogP contribution in [-0.2, 0) is 13.1 Å². The highest BCUT2D eigenvalue weighted by atomic mass is 127.